The third-order valence-electron chi connectivity index (χ3n) is 4.98. The number of likely N-dealkylation sites (tertiary alicyclic amines) is 1. The van der Waals surface area contributed by atoms with E-state index in [2.05, 4.69) is 39.8 Å². The lowest BCUT2D eigenvalue weighted by Gasteiger charge is -2.33. The van der Waals surface area contributed by atoms with Crippen LogP contribution in [0.2, 0.25) is 0 Å². The number of carbonyl (C=O) groups is 2. The van der Waals surface area contributed by atoms with E-state index in [9.17, 15) is 9.59 Å². The molecule has 0 radical (unpaired) electrons. The van der Waals surface area contributed by atoms with Crippen molar-refractivity contribution >= 4 is 11.8 Å². The fraction of sp³-hybridized carbons (Fsp3) is 0.579. The Morgan fingerprint density at radius 2 is 1.88 bits per heavy atom. The van der Waals surface area contributed by atoms with Crippen LogP contribution in [0, 0.1) is 0 Å². The smallest absolute Gasteiger partial charge is 0.242 e. The first-order valence-electron chi connectivity index (χ1n) is 9.07. The van der Waals surface area contributed by atoms with Crippen LogP contribution in [-0.2, 0) is 16.1 Å². The van der Waals surface area contributed by atoms with Crippen LogP contribution in [0.4, 0.5) is 0 Å². The number of nitrogens with zero attached hydrogens (tertiary/aromatic N) is 1. The van der Waals surface area contributed by atoms with E-state index in [1.54, 1.807) is 0 Å². The molecule has 2 aliphatic heterocycles. The molecule has 1 unspecified atom stereocenters. The lowest BCUT2D eigenvalue weighted by atomic mass is 10.0. The fourth-order valence-electron chi connectivity index (χ4n) is 3.55. The van der Waals surface area contributed by atoms with Crippen LogP contribution in [0.3, 0.4) is 0 Å². The first-order chi connectivity index (χ1) is 11.7. The molecule has 0 aliphatic carbocycles. The standard InChI is InChI=1S/C19H27N3O2/c23-18-9-5-4-8-17(21-18)19(24)20-16-10-12-22(13-11-16)14-15-6-2-1-3-7-15/h1-3,6-7,16-17H,4-5,8-14H2,(H,20,24)(H,21,23). The minimum Gasteiger partial charge on any atom is -0.351 e. The summed E-state index contributed by atoms with van der Waals surface area (Å²) in [5, 5.41) is 5.99. The van der Waals surface area contributed by atoms with Crippen molar-refractivity contribution in [2.24, 2.45) is 0 Å². The van der Waals surface area contributed by atoms with Gasteiger partial charge in [0.1, 0.15) is 6.04 Å². The zero-order valence-electron chi connectivity index (χ0n) is 14.2. The molecular formula is C19H27N3O2. The van der Waals surface area contributed by atoms with Gasteiger partial charge >= 0.3 is 0 Å². The largest absolute Gasteiger partial charge is 0.351 e. The SMILES string of the molecule is O=C1CCCCC(C(=O)NC2CCN(Cc3ccccc3)CC2)N1. The van der Waals surface area contributed by atoms with Gasteiger partial charge in [0.2, 0.25) is 11.8 Å². The van der Waals surface area contributed by atoms with E-state index >= 15 is 0 Å². The Morgan fingerprint density at radius 1 is 1.12 bits per heavy atom. The monoisotopic (exact) mass is 329 g/mol. The highest BCUT2D eigenvalue weighted by atomic mass is 16.2. The second kappa shape index (κ2) is 8.29. The van der Waals surface area contributed by atoms with Crippen LogP contribution in [0.15, 0.2) is 30.3 Å². The number of rotatable bonds is 4. The lowest BCUT2D eigenvalue weighted by molar-refractivity contribution is -0.129. The molecule has 2 saturated heterocycles. The normalized spacial score (nSPS) is 23.3. The van der Waals surface area contributed by atoms with Crippen molar-refractivity contribution in [2.45, 2.75) is 57.2 Å². The third kappa shape index (κ3) is 4.81. The van der Waals surface area contributed by atoms with Crippen LogP contribution in [-0.4, -0.2) is 41.9 Å². The molecule has 24 heavy (non-hydrogen) atoms. The van der Waals surface area contributed by atoms with Gasteiger partial charge in [0, 0.05) is 32.1 Å². The molecule has 0 spiro atoms. The molecule has 5 nitrogen and oxygen atoms in total. The molecule has 1 atom stereocenters. The Balaban J connectivity index is 1.43. The number of carbonyl (C=O) groups excluding carboxylic acids is 2. The Bertz CT molecular complexity index is 553. The van der Waals surface area contributed by atoms with Gasteiger partial charge in [0.25, 0.3) is 0 Å². The van der Waals surface area contributed by atoms with Crippen LogP contribution < -0.4 is 10.6 Å². The van der Waals surface area contributed by atoms with E-state index < -0.39 is 0 Å². The third-order valence-corrected chi connectivity index (χ3v) is 4.98. The molecule has 0 saturated carbocycles. The molecule has 1 aromatic rings. The lowest BCUT2D eigenvalue weighted by Crippen LogP contribution is -2.51. The summed E-state index contributed by atoms with van der Waals surface area (Å²) in [6.45, 7) is 2.97. The topological polar surface area (TPSA) is 61.4 Å². The second-order valence-corrected chi connectivity index (χ2v) is 6.91. The molecule has 2 N–H and O–H groups in total. The van der Waals surface area contributed by atoms with Gasteiger partial charge in [-0.15, -0.1) is 0 Å². The molecule has 2 fully saturated rings. The molecule has 0 bridgehead atoms. The Hall–Kier alpha value is -1.88. The van der Waals surface area contributed by atoms with Crippen molar-refractivity contribution in [3.05, 3.63) is 35.9 Å². The van der Waals surface area contributed by atoms with Crippen LogP contribution in [0.5, 0.6) is 0 Å². The van der Waals surface area contributed by atoms with Crippen LogP contribution in [0.25, 0.3) is 0 Å². The summed E-state index contributed by atoms with van der Waals surface area (Å²) in [7, 11) is 0. The molecule has 5 heteroatoms. The van der Waals surface area contributed by atoms with Gasteiger partial charge in [-0.25, -0.2) is 0 Å². The zero-order valence-corrected chi connectivity index (χ0v) is 14.2. The molecule has 3 rings (SSSR count). The van der Waals surface area contributed by atoms with Crippen molar-refractivity contribution in [1.82, 2.24) is 15.5 Å². The summed E-state index contributed by atoms with van der Waals surface area (Å²) >= 11 is 0. The Labute approximate surface area is 143 Å². The van der Waals surface area contributed by atoms with Crippen molar-refractivity contribution in [3.8, 4) is 0 Å². The van der Waals surface area contributed by atoms with Gasteiger partial charge in [0.15, 0.2) is 0 Å². The van der Waals surface area contributed by atoms with Crippen molar-refractivity contribution in [2.75, 3.05) is 13.1 Å². The number of nitrogens with one attached hydrogen (secondary N) is 2. The number of hydrogen-bond acceptors (Lipinski definition) is 3. The minimum atomic E-state index is -0.345. The second-order valence-electron chi connectivity index (χ2n) is 6.91. The number of amides is 2. The Morgan fingerprint density at radius 3 is 2.62 bits per heavy atom. The van der Waals surface area contributed by atoms with E-state index in [1.165, 1.54) is 5.56 Å². The first-order valence-corrected chi connectivity index (χ1v) is 9.07. The fourth-order valence-corrected chi connectivity index (χ4v) is 3.55. The highest BCUT2D eigenvalue weighted by Crippen LogP contribution is 2.15. The molecule has 130 valence electrons. The van der Waals surface area contributed by atoms with E-state index in [4.69, 9.17) is 0 Å². The van der Waals surface area contributed by atoms with E-state index in [1.807, 2.05) is 6.07 Å². The van der Waals surface area contributed by atoms with Gasteiger partial charge in [-0.05, 0) is 31.2 Å². The van der Waals surface area contributed by atoms with Gasteiger partial charge < -0.3 is 10.6 Å². The number of hydrogen-bond donors (Lipinski definition) is 2. The maximum absolute atomic E-state index is 12.4. The maximum Gasteiger partial charge on any atom is 0.242 e. The molecule has 2 aliphatic rings. The van der Waals surface area contributed by atoms with Gasteiger partial charge in [-0.1, -0.05) is 36.8 Å². The molecule has 0 aromatic heterocycles. The molecule has 2 heterocycles. The Kier molecular flexibility index (Phi) is 5.86. The minimum absolute atomic E-state index is 0.00494. The summed E-state index contributed by atoms with van der Waals surface area (Å²) in [6, 6.07) is 10.4. The van der Waals surface area contributed by atoms with Gasteiger partial charge in [0.05, 0.1) is 0 Å². The van der Waals surface area contributed by atoms with E-state index in [0.29, 0.717) is 6.42 Å². The predicted octanol–water partition coefficient (Wildman–Crippen LogP) is 1.83. The highest BCUT2D eigenvalue weighted by Gasteiger charge is 2.26. The van der Waals surface area contributed by atoms with E-state index in [0.717, 1.165) is 51.7 Å². The van der Waals surface area contributed by atoms with E-state index in [-0.39, 0.29) is 23.9 Å². The molecule has 2 amide bonds. The molecule has 1 aromatic carbocycles. The van der Waals surface area contributed by atoms with Crippen molar-refractivity contribution < 1.29 is 9.59 Å². The summed E-state index contributed by atoms with van der Waals surface area (Å²) in [5.74, 6) is -0.00269. The summed E-state index contributed by atoms with van der Waals surface area (Å²) < 4.78 is 0. The van der Waals surface area contributed by atoms with Crippen molar-refractivity contribution in [1.29, 1.82) is 0 Å². The average molecular weight is 329 g/mol. The zero-order chi connectivity index (χ0) is 16.8. The summed E-state index contributed by atoms with van der Waals surface area (Å²) in [5.41, 5.74) is 1.33. The highest BCUT2D eigenvalue weighted by molar-refractivity contribution is 5.88. The average Bonchev–Trinajstić information content (AvgIpc) is 2.82. The van der Waals surface area contributed by atoms with Crippen LogP contribution in [0.1, 0.15) is 44.1 Å². The quantitative estimate of drug-likeness (QED) is 0.886. The van der Waals surface area contributed by atoms with Crippen molar-refractivity contribution in [3.63, 3.8) is 0 Å². The number of piperidine rings is 1. The molecular weight excluding hydrogens is 302 g/mol. The summed E-state index contributed by atoms with van der Waals surface area (Å²) in [6.07, 6.45) is 5.06. The predicted molar refractivity (Wildman–Crippen MR) is 93.3 cm³/mol. The maximum atomic E-state index is 12.4. The first kappa shape index (κ1) is 17.0. The van der Waals surface area contributed by atoms with Gasteiger partial charge in [-0.3, -0.25) is 14.5 Å². The number of benzene rings is 1. The van der Waals surface area contributed by atoms with Crippen LogP contribution >= 0.6 is 0 Å². The van der Waals surface area contributed by atoms with Gasteiger partial charge in [-0.2, -0.15) is 0 Å². The summed E-state index contributed by atoms with van der Waals surface area (Å²) in [4.78, 5) is 26.4.